The molecular weight excluding hydrogens is 354 g/mol. The van der Waals surface area contributed by atoms with Crippen LogP contribution in [0, 0.1) is 6.92 Å². The molecule has 1 amide bonds. The molecule has 0 saturated carbocycles. The first kappa shape index (κ1) is 18.4. The number of hydrogen-bond donors (Lipinski definition) is 1. The smallest absolute Gasteiger partial charge is 0.233 e. The highest BCUT2D eigenvalue weighted by molar-refractivity contribution is 8.02. The van der Waals surface area contributed by atoms with Crippen molar-refractivity contribution in [2.24, 2.45) is 0 Å². The summed E-state index contributed by atoms with van der Waals surface area (Å²) in [5.74, 6) is 0.0413. The van der Waals surface area contributed by atoms with Crippen LogP contribution in [-0.4, -0.2) is 41.1 Å². The molecular formula is C18H23N3O2S2. The van der Waals surface area contributed by atoms with Crippen molar-refractivity contribution in [3.63, 3.8) is 0 Å². The van der Waals surface area contributed by atoms with Crippen molar-refractivity contribution in [3.05, 3.63) is 40.9 Å². The third-order valence-electron chi connectivity index (χ3n) is 4.75. The number of rotatable bonds is 6. The number of amides is 1. The van der Waals surface area contributed by atoms with Gasteiger partial charge in [0.2, 0.25) is 5.91 Å². The van der Waals surface area contributed by atoms with Crippen LogP contribution in [0.15, 0.2) is 34.1 Å². The molecule has 0 bridgehead atoms. The van der Waals surface area contributed by atoms with Gasteiger partial charge in [-0.1, -0.05) is 47.4 Å². The lowest BCUT2D eigenvalue weighted by atomic mass is 9.72. The van der Waals surface area contributed by atoms with Gasteiger partial charge in [0.15, 0.2) is 4.34 Å². The molecule has 25 heavy (non-hydrogen) atoms. The molecule has 0 radical (unpaired) electrons. The molecule has 5 nitrogen and oxygen atoms in total. The summed E-state index contributed by atoms with van der Waals surface area (Å²) in [4.78, 5) is 12.6. The second-order valence-electron chi connectivity index (χ2n) is 6.39. The number of aryl methyl sites for hydroxylation is 1. The molecule has 1 saturated heterocycles. The summed E-state index contributed by atoms with van der Waals surface area (Å²) < 4.78 is 6.40. The summed E-state index contributed by atoms with van der Waals surface area (Å²) in [5.41, 5.74) is 4.23. The van der Waals surface area contributed by atoms with E-state index < -0.39 is 0 Å². The second-order valence-corrected chi connectivity index (χ2v) is 8.81. The summed E-state index contributed by atoms with van der Waals surface area (Å²) in [7, 11) is 0. The predicted octanol–water partition coefficient (Wildman–Crippen LogP) is 3.19. The second kappa shape index (κ2) is 8.29. The largest absolute Gasteiger partial charge is 0.381 e. The zero-order valence-corrected chi connectivity index (χ0v) is 16.2. The number of hydrogen-bond acceptors (Lipinski definition) is 6. The van der Waals surface area contributed by atoms with E-state index in [0.717, 1.165) is 30.4 Å². The van der Waals surface area contributed by atoms with Crippen LogP contribution < -0.4 is 5.32 Å². The van der Waals surface area contributed by atoms with Gasteiger partial charge in [-0.2, -0.15) is 0 Å². The van der Waals surface area contributed by atoms with Crippen molar-refractivity contribution < 1.29 is 9.53 Å². The minimum absolute atomic E-state index is 0.0413. The first-order chi connectivity index (χ1) is 12.1. The summed E-state index contributed by atoms with van der Waals surface area (Å²) in [6.45, 7) is 6.16. The highest BCUT2D eigenvalue weighted by Gasteiger charge is 2.36. The van der Waals surface area contributed by atoms with Crippen LogP contribution in [0.3, 0.4) is 0 Å². The molecule has 3 rings (SSSR count). The number of nitrogens with one attached hydrogen (secondary N) is 1. The van der Waals surface area contributed by atoms with Gasteiger partial charge in [-0.25, -0.2) is 0 Å². The normalized spacial score (nSPS) is 17.8. The average molecular weight is 378 g/mol. The Kier molecular flexibility index (Phi) is 6.09. The average Bonchev–Trinajstić information content (AvgIpc) is 3.14. The van der Waals surface area contributed by atoms with Gasteiger partial charge in [0.1, 0.15) is 5.51 Å². The van der Waals surface area contributed by atoms with Crippen LogP contribution in [0.5, 0.6) is 0 Å². The maximum absolute atomic E-state index is 12.6. The Bertz CT molecular complexity index is 700. The van der Waals surface area contributed by atoms with Crippen molar-refractivity contribution >= 4 is 29.0 Å². The van der Waals surface area contributed by atoms with Gasteiger partial charge in [-0.05, 0) is 37.8 Å². The SMILES string of the molecule is Cc1ccccc1C1(CNC(=O)[C@H](C)Sc2nncs2)CCOCC1. The van der Waals surface area contributed by atoms with Crippen molar-refractivity contribution in [3.8, 4) is 0 Å². The van der Waals surface area contributed by atoms with Gasteiger partial charge in [0, 0.05) is 25.2 Å². The quantitative estimate of drug-likeness (QED) is 0.783. The van der Waals surface area contributed by atoms with Crippen molar-refractivity contribution in [1.29, 1.82) is 0 Å². The minimum Gasteiger partial charge on any atom is -0.381 e. The molecule has 0 unspecified atom stereocenters. The molecule has 7 heteroatoms. The molecule has 1 aromatic carbocycles. The number of carbonyl (C=O) groups excluding carboxylic acids is 1. The molecule has 1 aliphatic heterocycles. The van der Waals surface area contributed by atoms with Gasteiger partial charge in [0.05, 0.1) is 5.25 Å². The molecule has 0 aliphatic carbocycles. The number of benzene rings is 1. The summed E-state index contributed by atoms with van der Waals surface area (Å²) >= 11 is 2.91. The highest BCUT2D eigenvalue weighted by Crippen LogP contribution is 2.36. The summed E-state index contributed by atoms with van der Waals surface area (Å²) in [6, 6.07) is 8.47. The van der Waals surface area contributed by atoms with Crippen LogP contribution in [0.25, 0.3) is 0 Å². The maximum Gasteiger partial charge on any atom is 0.233 e. The lowest BCUT2D eigenvalue weighted by Gasteiger charge is -2.39. The van der Waals surface area contributed by atoms with E-state index in [4.69, 9.17) is 4.74 Å². The van der Waals surface area contributed by atoms with E-state index in [-0.39, 0.29) is 16.6 Å². The van der Waals surface area contributed by atoms with E-state index in [9.17, 15) is 4.79 Å². The van der Waals surface area contributed by atoms with Crippen molar-refractivity contribution in [2.45, 2.75) is 41.7 Å². The standard InChI is InChI=1S/C18H23N3O2S2/c1-13-5-3-4-6-15(13)18(7-9-23-10-8-18)11-19-16(22)14(2)25-17-21-20-12-24-17/h3-6,12,14H,7-11H2,1-2H3,(H,19,22)/t14-/m0/s1. The predicted molar refractivity (Wildman–Crippen MR) is 101 cm³/mol. The van der Waals surface area contributed by atoms with Crippen molar-refractivity contribution in [1.82, 2.24) is 15.5 Å². The molecule has 1 fully saturated rings. The number of nitrogens with zero attached hydrogens (tertiary/aromatic N) is 2. The van der Waals surface area contributed by atoms with E-state index in [0.29, 0.717) is 6.54 Å². The van der Waals surface area contributed by atoms with E-state index in [1.165, 1.54) is 34.2 Å². The molecule has 1 atom stereocenters. The van der Waals surface area contributed by atoms with Gasteiger partial charge in [-0.15, -0.1) is 10.2 Å². The first-order valence-electron chi connectivity index (χ1n) is 8.45. The lowest BCUT2D eigenvalue weighted by Crippen LogP contribution is -2.46. The maximum atomic E-state index is 12.6. The molecule has 1 N–H and O–H groups in total. The summed E-state index contributed by atoms with van der Waals surface area (Å²) in [6.07, 6.45) is 1.85. The van der Waals surface area contributed by atoms with E-state index in [1.807, 2.05) is 6.92 Å². The Hall–Kier alpha value is -1.44. The van der Waals surface area contributed by atoms with Gasteiger partial charge in [-0.3, -0.25) is 4.79 Å². The number of thioether (sulfide) groups is 1. The Labute approximate surface area is 156 Å². The molecule has 2 aromatic rings. The van der Waals surface area contributed by atoms with Crippen LogP contribution >= 0.6 is 23.1 Å². The highest BCUT2D eigenvalue weighted by atomic mass is 32.2. The fourth-order valence-electron chi connectivity index (χ4n) is 3.29. The Balaban J connectivity index is 1.69. The first-order valence-corrected chi connectivity index (χ1v) is 10.2. The lowest BCUT2D eigenvalue weighted by molar-refractivity contribution is -0.120. The van der Waals surface area contributed by atoms with Crippen LogP contribution in [0.1, 0.15) is 30.9 Å². The third-order valence-corrected chi connectivity index (χ3v) is 6.67. The third kappa shape index (κ3) is 4.40. The van der Waals surface area contributed by atoms with E-state index >= 15 is 0 Å². The van der Waals surface area contributed by atoms with Crippen LogP contribution in [0.4, 0.5) is 0 Å². The number of aromatic nitrogens is 2. The zero-order valence-electron chi connectivity index (χ0n) is 14.5. The topological polar surface area (TPSA) is 64.1 Å². The number of carbonyl (C=O) groups is 1. The number of ether oxygens (including phenoxy) is 1. The van der Waals surface area contributed by atoms with E-state index in [2.05, 4.69) is 46.7 Å². The molecule has 2 heterocycles. The Morgan fingerprint density at radius 2 is 2.16 bits per heavy atom. The van der Waals surface area contributed by atoms with Gasteiger partial charge < -0.3 is 10.1 Å². The molecule has 134 valence electrons. The minimum atomic E-state index is -0.193. The Morgan fingerprint density at radius 1 is 1.40 bits per heavy atom. The van der Waals surface area contributed by atoms with Gasteiger partial charge >= 0.3 is 0 Å². The van der Waals surface area contributed by atoms with Crippen molar-refractivity contribution in [2.75, 3.05) is 19.8 Å². The van der Waals surface area contributed by atoms with E-state index in [1.54, 1.807) is 5.51 Å². The molecule has 1 aliphatic rings. The molecule has 1 aromatic heterocycles. The fourth-order valence-corrected chi connectivity index (χ4v) is 4.94. The Morgan fingerprint density at radius 3 is 2.84 bits per heavy atom. The van der Waals surface area contributed by atoms with Crippen LogP contribution in [0.2, 0.25) is 0 Å². The summed E-state index contributed by atoms with van der Waals surface area (Å²) in [5, 5.41) is 10.8. The zero-order chi connectivity index (χ0) is 17.7. The van der Waals surface area contributed by atoms with Crippen LogP contribution in [-0.2, 0) is 14.9 Å². The van der Waals surface area contributed by atoms with Gasteiger partial charge in [0.25, 0.3) is 0 Å². The monoisotopic (exact) mass is 377 g/mol. The molecule has 0 spiro atoms. The fraction of sp³-hybridized carbons (Fsp3) is 0.500.